The molecule has 0 aromatic heterocycles. The molecule has 0 atom stereocenters. The number of carbonyl (C=O) groups is 1. The summed E-state index contributed by atoms with van der Waals surface area (Å²) >= 11 is 5.40. The maximum absolute atomic E-state index is 11.2. The first kappa shape index (κ1) is 9.07. The van der Waals surface area contributed by atoms with E-state index in [1.165, 1.54) is 12.1 Å². The summed E-state index contributed by atoms with van der Waals surface area (Å²) in [6, 6.07) is 6.26. The van der Waals surface area contributed by atoms with Gasteiger partial charge in [-0.05, 0) is 12.1 Å². The van der Waals surface area contributed by atoms with E-state index < -0.39 is 0 Å². The van der Waals surface area contributed by atoms with Crippen molar-refractivity contribution in [3.05, 3.63) is 29.8 Å². The number of Topliss-reactive ketones (excluding diaryl/α,β-unsaturated/α-hetero) is 1. The van der Waals surface area contributed by atoms with Crippen LogP contribution in [0.3, 0.4) is 0 Å². The number of alkyl halides is 1. The van der Waals surface area contributed by atoms with Crippen LogP contribution in [0.1, 0.15) is 16.8 Å². The quantitative estimate of drug-likeness (QED) is 0.578. The van der Waals surface area contributed by atoms with E-state index in [0.717, 1.165) is 0 Å². The van der Waals surface area contributed by atoms with Gasteiger partial charge < -0.3 is 5.11 Å². The zero-order chi connectivity index (χ0) is 8.97. The van der Waals surface area contributed by atoms with E-state index in [0.29, 0.717) is 17.9 Å². The molecule has 0 aliphatic rings. The van der Waals surface area contributed by atoms with E-state index in [1.807, 2.05) is 0 Å². The Balaban J connectivity index is 2.81. The van der Waals surface area contributed by atoms with Crippen LogP contribution in [0.15, 0.2) is 24.3 Å². The predicted molar refractivity (Wildman–Crippen MR) is 47.8 cm³/mol. The fourth-order valence-electron chi connectivity index (χ4n) is 0.910. The molecular weight excluding hydrogens is 176 g/mol. The van der Waals surface area contributed by atoms with Gasteiger partial charge >= 0.3 is 0 Å². The molecule has 1 N–H and O–H groups in total. The van der Waals surface area contributed by atoms with Crippen LogP contribution >= 0.6 is 11.6 Å². The van der Waals surface area contributed by atoms with Crippen molar-refractivity contribution in [2.75, 3.05) is 5.88 Å². The van der Waals surface area contributed by atoms with Gasteiger partial charge in [-0.25, -0.2) is 0 Å². The molecule has 0 unspecified atom stereocenters. The number of hydrogen-bond acceptors (Lipinski definition) is 2. The first-order valence-electron chi connectivity index (χ1n) is 3.62. The standard InChI is InChI=1S/C9H9ClO2/c10-5-4-9(12)7-2-1-3-8(11)6-7/h1-3,6,11H,4-5H2. The van der Waals surface area contributed by atoms with Gasteiger partial charge in [-0.1, -0.05) is 12.1 Å². The van der Waals surface area contributed by atoms with Crippen LogP contribution in [0.25, 0.3) is 0 Å². The Morgan fingerprint density at radius 1 is 1.50 bits per heavy atom. The highest BCUT2D eigenvalue weighted by atomic mass is 35.5. The maximum Gasteiger partial charge on any atom is 0.164 e. The minimum atomic E-state index is -0.0408. The lowest BCUT2D eigenvalue weighted by molar-refractivity contribution is 0.0989. The lowest BCUT2D eigenvalue weighted by Crippen LogP contribution is -1.98. The van der Waals surface area contributed by atoms with Crippen molar-refractivity contribution < 1.29 is 9.90 Å². The van der Waals surface area contributed by atoms with E-state index in [-0.39, 0.29) is 11.5 Å². The molecule has 0 saturated heterocycles. The first-order chi connectivity index (χ1) is 5.74. The lowest BCUT2D eigenvalue weighted by atomic mass is 10.1. The van der Waals surface area contributed by atoms with Crippen LogP contribution in [-0.4, -0.2) is 16.8 Å². The average molecular weight is 185 g/mol. The SMILES string of the molecule is O=C(CCCl)c1cccc(O)c1. The Kier molecular flexibility index (Phi) is 3.11. The summed E-state index contributed by atoms with van der Waals surface area (Å²) in [6.45, 7) is 0. The Morgan fingerprint density at radius 2 is 2.25 bits per heavy atom. The lowest BCUT2D eigenvalue weighted by Gasteiger charge is -1.98. The minimum absolute atomic E-state index is 0.0408. The smallest absolute Gasteiger partial charge is 0.164 e. The van der Waals surface area contributed by atoms with E-state index >= 15 is 0 Å². The summed E-state index contributed by atoms with van der Waals surface area (Å²) < 4.78 is 0. The fourth-order valence-corrected chi connectivity index (χ4v) is 1.08. The molecule has 0 bridgehead atoms. The molecule has 1 rings (SSSR count). The second-order valence-corrected chi connectivity index (χ2v) is 2.79. The number of carbonyl (C=O) groups excluding carboxylic acids is 1. The van der Waals surface area contributed by atoms with Crippen LogP contribution in [0.4, 0.5) is 0 Å². The zero-order valence-electron chi connectivity index (χ0n) is 6.46. The van der Waals surface area contributed by atoms with Gasteiger partial charge in [-0.15, -0.1) is 11.6 Å². The number of benzene rings is 1. The first-order valence-corrected chi connectivity index (χ1v) is 4.15. The highest BCUT2D eigenvalue weighted by Gasteiger charge is 2.04. The normalized spacial score (nSPS) is 9.75. The number of hydrogen-bond donors (Lipinski definition) is 1. The molecule has 64 valence electrons. The Labute approximate surface area is 75.8 Å². The highest BCUT2D eigenvalue weighted by Crippen LogP contribution is 2.12. The summed E-state index contributed by atoms with van der Waals surface area (Å²) in [5.41, 5.74) is 0.510. The molecule has 0 amide bonds. The van der Waals surface area contributed by atoms with Crippen LogP contribution < -0.4 is 0 Å². The third kappa shape index (κ3) is 2.24. The second kappa shape index (κ2) is 4.12. The Morgan fingerprint density at radius 3 is 2.83 bits per heavy atom. The summed E-state index contributed by atoms with van der Waals surface area (Å²) in [6.07, 6.45) is 0.311. The minimum Gasteiger partial charge on any atom is -0.508 e. The molecule has 0 fully saturated rings. The Bertz CT molecular complexity index is 284. The number of phenolic OH excluding ortho intramolecular Hbond substituents is 1. The molecule has 2 nitrogen and oxygen atoms in total. The Hall–Kier alpha value is -1.02. The largest absolute Gasteiger partial charge is 0.508 e. The summed E-state index contributed by atoms with van der Waals surface area (Å²) in [7, 11) is 0. The van der Waals surface area contributed by atoms with Gasteiger partial charge in [0, 0.05) is 17.9 Å². The number of ketones is 1. The van der Waals surface area contributed by atoms with Crippen molar-refractivity contribution in [1.29, 1.82) is 0 Å². The molecule has 0 aliphatic heterocycles. The molecule has 3 heteroatoms. The molecule has 1 aromatic rings. The summed E-state index contributed by atoms with van der Waals surface area (Å²) in [4.78, 5) is 11.2. The zero-order valence-corrected chi connectivity index (χ0v) is 7.21. The second-order valence-electron chi connectivity index (χ2n) is 2.41. The predicted octanol–water partition coefficient (Wildman–Crippen LogP) is 2.20. The van der Waals surface area contributed by atoms with Crippen LogP contribution in [0.5, 0.6) is 5.75 Å². The topological polar surface area (TPSA) is 37.3 Å². The fraction of sp³-hybridized carbons (Fsp3) is 0.222. The van der Waals surface area contributed by atoms with E-state index in [2.05, 4.69) is 0 Å². The molecule has 0 spiro atoms. The number of aromatic hydroxyl groups is 1. The van der Waals surface area contributed by atoms with Crippen LogP contribution in [0.2, 0.25) is 0 Å². The van der Waals surface area contributed by atoms with Crippen molar-refractivity contribution >= 4 is 17.4 Å². The van der Waals surface area contributed by atoms with Gasteiger partial charge in [0.1, 0.15) is 5.75 Å². The molecule has 0 aliphatic carbocycles. The number of phenols is 1. The van der Waals surface area contributed by atoms with E-state index in [1.54, 1.807) is 12.1 Å². The average Bonchev–Trinajstić information content (AvgIpc) is 2.05. The molecule has 12 heavy (non-hydrogen) atoms. The van der Waals surface area contributed by atoms with Crippen molar-refractivity contribution in [3.8, 4) is 5.75 Å². The molecular formula is C9H9ClO2. The van der Waals surface area contributed by atoms with E-state index in [4.69, 9.17) is 16.7 Å². The van der Waals surface area contributed by atoms with Crippen molar-refractivity contribution in [3.63, 3.8) is 0 Å². The molecule has 0 radical (unpaired) electrons. The van der Waals surface area contributed by atoms with Gasteiger partial charge in [0.05, 0.1) is 0 Å². The maximum atomic E-state index is 11.2. The van der Waals surface area contributed by atoms with Crippen LogP contribution in [-0.2, 0) is 0 Å². The highest BCUT2D eigenvalue weighted by molar-refractivity contribution is 6.19. The van der Waals surface area contributed by atoms with Crippen molar-refractivity contribution in [2.24, 2.45) is 0 Å². The molecule has 1 aromatic carbocycles. The molecule has 0 saturated carbocycles. The third-order valence-corrected chi connectivity index (χ3v) is 1.68. The van der Waals surface area contributed by atoms with Gasteiger partial charge in [0.25, 0.3) is 0 Å². The van der Waals surface area contributed by atoms with Crippen LogP contribution in [0, 0.1) is 0 Å². The van der Waals surface area contributed by atoms with Gasteiger partial charge in [0.15, 0.2) is 5.78 Å². The van der Waals surface area contributed by atoms with Gasteiger partial charge in [-0.3, -0.25) is 4.79 Å². The number of rotatable bonds is 3. The monoisotopic (exact) mass is 184 g/mol. The molecule has 0 heterocycles. The van der Waals surface area contributed by atoms with Gasteiger partial charge in [0.2, 0.25) is 0 Å². The van der Waals surface area contributed by atoms with Crippen molar-refractivity contribution in [1.82, 2.24) is 0 Å². The van der Waals surface area contributed by atoms with Crippen molar-refractivity contribution in [2.45, 2.75) is 6.42 Å². The van der Waals surface area contributed by atoms with E-state index in [9.17, 15) is 4.79 Å². The summed E-state index contributed by atoms with van der Waals surface area (Å²) in [5, 5.41) is 9.04. The number of halogens is 1. The summed E-state index contributed by atoms with van der Waals surface area (Å²) in [5.74, 6) is 0.380. The van der Waals surface area contributed by atoms with Gasteiger partial charge in [-0.2, -0.15) is 0 Å². The third-order valence-electron chi connectivity index (χ3n) is 1.49.